The minimum atomic E-state index is -0.332. The smallest absolute Gasteiger partial charge is 0.338 e. The predicted molar refractivity (Wildman–Crippen MR) is 113 cm³/mol. The molecule has 0 saturated carbocycles. The molecule has 0 amide bonds. The summed E-state index contributed by atoms with van der Waals surface area (Å²) in [6.07, 6.45) is 11.1. The van der Waals surface area contributed by atoms with Gasteiger partial charge in [-0.05, 0) is 18.1 Å². The molecule has 0 N–H and O–H groups in total. The Hall–Kier alpha value is -2.42. The van der Waals surface area contributed by atoms with Gasteiger partial charge in [-0.2, -0.15) is 0 Å². The summed E-state index contributed by atoms with van der Waals surface area (Å²) in [5, 5.41) is 0. The summed E-state index contributed by atoms with van der Waals surface area (Å²) in [6, 6.07) is 12.8. The molecule has 3 nitrogen and oxygen atoms in total. The molecule has 0 heterocycles. The summed E-state index contributed by atoms with van der Waals surface area (Å²) in [6.45, 7) is 2.68. The van der Waals surface area contributed by atoms with E-state index in [-0.39, 0.29) is 11.8 Å². The summed E-state index contributed by atoms with van der Waals surface area (Å²) < 4.78 is 5.51. The van der Waals surface area contributed by atoms with Crippen LogP contribution in [0.1, 0.15) is 91.0 Å². The van der Waals surface area contributed by atoms with Crippen LogP contribution in [0.15, 0.2) is 42.5 Å². The fraction of sp³-hybridized carbons (Fsp3) is 0.440. The Balaban J connectivity index is 1.48. The zero-order valence-corrected chi connectivity index (χ0v) is 16.8. The lowest BCUT2D eigenvalue weighted by Crippen LogP contribution is -2.08. The van der Waals surface area contributed by atoms with Crippen molar-refractivity contribution >= 4 is 11.8 Å². The molecule has 0 bridgehead atoms. The van der Waals surface area contributed by atoms with Gasteiger partial charge in [0.25, 0.3) is 0 Å². The predicted octanol–water partition coefficient (Wildman–Crippen LogP) is 6.59. The van der Waals surface area contributed by atoms with Crippen molar-refractivity contribution in [1.82, 2.24) is 0 Å². The van der Waals surface area contributed by atoms with Gasteiger partial charge in [0.05, 0.1) is 12.2 Å². The topological polar surface area (TPSA) is 43.4 Å². The van der Waals surface area contributed by atoms with Crippen molar-refractivity contribution in [1.29, 1.82) is 0 Å². The first-order valence-electron chi connectivity index (χ1n) is 10.7. The molecule has 148 valence electrons. The van der Waals surface area contributed by atoms with Crippen LogP contribution in [-0.2, 0) is 4.74 Å². The molecule has 28 heavy (non-hydrogen) atoms. The number of benzene rings is 2. The Morgan fingerprint density at radius 1 is 0.750 bits per heavy atom. The second-order valence-electron chi connectivity index (χ2n) is 7.57. The summed E-state index contributed by atoms with van der Waals surface area (Å²) in [7, 11) is 0. The van der Waals surface area contributed by atoms with Crippen LogP contribution in [0.5, 0.6) is 0 Å². The minimum Gasteiger partial charge on any atom is -0.462 e. The molecule has 0 saturated heterocycles. The van der Waals surface area contributed by atoms with E-state index in [0.717, 1.165) is 24.0 Å². The minimum absolute atomic E-state index is 0.0146. The highest BCUT2D eigenvalue weighted by Gasteiger charge is 2.30. The summed E-state index contributed by atoms with van der Waals surface area (Å²) >= 11 is 0. The summed E-state index contributed by atoms with van der Waals surface area (Å²) in [4.78, 5) is 25.2. The fourth-order valence-corrected chi connectivity index (χ4v) is 3.90. The highest BCUT2D eigenvalue weighted by atomic mass is 16.5. The second kappa shape index (κ2) is 10.2. The molecule has 2 aromatic carbocycles. The van der Waals surface area contributed by atoms with Crippen LogP contribution < -0.4 is 0 Å². The Morgan fingerprint density at radius 3 is 2.07 bits per heavy atom. The van der Waals surface area contributed by atoms with Gasteiger partial charge < -0.3 is 4.74 Å². The number of esters is 1. The van der Waals surface area contributed by atoms with E-state index in [4.69, 9.17) is 4.74 Å². The normalized spacial score (nSPS) is 12.0. The molecule has 0 aromatic heterocycles. The highest BCUT2D eigenvalue weighted by Crippen LogP contribution is 2.38. The van der Waals surface area contributed by atoms with Crippen LogP contribution in [0.3, 0.4) is 0 Å². The summed E-state index contributed by atoms with van der Waals surface area (Å²) in [5.74, 6) is -0.347. The maximum Gasteiger partial charge on any atom is 0.338 e. The lowest BCUT2D eigenvalue weighted by Gasteiger charge is -2.09. The van der Waals surface area contributed by atoms with Crippen LogP contribution in [0.2, 0.25) is 0 Å². The van der Waals surface area contributed by atoms with E-state index >= 15 is 0 Å². The Morgan fingerprint density at radius 2 is 1.36 bits per heavy atom. The van der Waals surface area contributed by atoms with Crippen LogP contribution in [0.25, 0.3) is 11.1 Å². The molecule has 0 unspecified atom stereocenters. The van der Waals surface area contributed by atoms with Crippen LogP contribution >= 0.6 is 0 Å². The number of fused-ring (bicyclic) bond motifs is 3. The molecule has 3 rings (SSSR count). The number of carbonyl (C=O) groups is 2. The van der Waals surface area contributed by atoms with Crippen molar-refractivity contribution in [3.8, 4) is 11.1 Å². The Kier molecular flexibility index (Phi) is 7.41. The van der Waals surface area contributed by atoms with E-state index in [9.17, 15) is 9.59 Å². The van der Waals surface area contributed by atoms with Gasteiger partial charge in [-0.3, -0.25) is 4.79 Å². The van der Waals surface area contributed by atoms with Gasteiger partial charge >= 0.3 is 5.97 Å². The van der Waals surface area contributed by atoms with E-state index in [0.29, 0.717) is 23.3 Å². The number of hydrogen-bond donors (Lipinski definition) is 0. The van der Waals surface area contributed by atoms with Crippen LogP contribution in [0.4, 0.5) is 0 Å². The monoisotopic (exact) mass is 378 g/mol. The number of rotatable bonds is 11. The highest BCUT2D eigenvalue weighted by molar-refractivity contribution is 6.24. The van der Waals surface area contributed by atoms with Crippen molar-refractivity contribution in [2.24, 2.45) is 0 Å². The van der Waals surface area contributed by atoms with Crippen molar-refractivity contribution in [2.75, 3.05) is 6.61 Å². The van der Waals surface area contributed by atoms with E-state index in [2.05, 4.69) is 6.92 Å². The maximum absolute atomic E-state index is 12.6. The maximum atomic E-state index is 12.6. The van der Waals surface area contributed by atoms with Gasteiger partial charge in [0.15, 0.2) is 5.78 Å². The van der Waals surface area contributed by atoms with Crippen molar-refractivity contribution in [3.63, 3.8) is 0 Å². The molecule has 0 fully saturated rings. The van der Waals surface area contributed by atoms with Gasteiger partial charge in [0.2, 0.25) is 0 Å². The molecular weight excluding hydrogens is 348 g/mol. The third-order valence-corrected chi connectivity index (χ3v) is 5.45. The molecule has 1 aliphatic carbocycles. The number of carbonyl (C=O) groups excluding carboxylic acids is 2. The van der Waals surface area contributed by atoms with Gasteiger partial charge in [-0.25, -0.2) is 4.79 Å². The standard InChI is InChI=1S/C25H30O3/c1-2-3-4-5-6-7-8-9-12-18-28-25(27)22-17-13-16-21-23(22)19-14-10-11-15-20(19)24(21)26/h10-11,13-17H,2-9,12,18H2,1H3. The fourth-order valence-electron chi connectivity index (χ4n) is 3.90. The molecule has 0 atom stereocenters. The third-order valence-electron chi connectivity index (χ3n) is 5.45. The zero-order valence-electron chi connectivity index (χ0n) is 16.8. The lowest BCUT2D eigenvalue weighted by molar-refractivity contribution is 0.0498. The van der Waals surface area contributed by atoms with Gasteiger partial charge in [0.1, 0.15) is 0 Å². The van der Waals surface area contributed by atoms with E-state index in [1.807, 2.05) is 24.3 Å². The van der Waals surface area contributed by atoms with Crippen molar-refractivity contribution in [3.05, 3.63) is 59.2 Å². The third kappa shape index (κ3) is 4.70. The van der Waals surface area contributed by atoms with Crippen LogP contribution in [0, 0.1) is 0 Å². The number of ether oxygens (including phenoxy) is 1. The number of ketones is 1. The van der Waals surface area contributed by atoms with Gasteiger partial charge in [0, 0.05) is 16.7 Å². The van der Waals surface area contributed by atoms with Crippen molar-refractivity contribution < 1.29 is 14.3 Å². The Bertz CT molecular complexity index is 822. The first kappa shape index (κ1) is 20.3. The second-order valence-corrected chi connectivity index (χ2v) is 7.57. The molecule has 0 aliphatic heterocycles. The summed E-state index contributed by atoms with van der Waals surface area (Å²) in [5.41, 5.74) is 3.31. The number of unbranched alkanes of at least 4 members (excludes halogenated alkanes) is 8. The molecule has 2 aromatic rings. The van der Waals surface area contributed by atoms with E-state index in [1.165, 1.54) is 44.9 Å². The van der Waals surface area contributed by atoms with Crippen LogP contribution in [-0.4, -0.2) is 18.4 Å². The average Bonchev–Trinajstić information content (AvgIpc) is 3.02. The molecule has 3 heteroatoms. The first-order chi connectivity index (χ1) is 13.7. The molecule has 0 spiro atoms. The zero-order chi connectivity index (χ0) is 19.8. The average molecular weight is 379 g/mol. The largest absolute Gasteiger partial charge is 0.462 e. The van der Waals surface area contributed by atoms with Gasteiger partial charge in [-0.1, -0.05) is 94.7 Å². The quantitative estimate of drug-likeness (QED) is 0.279. The molecular formula is C25H30O3. The van der Waals surface area contributed by atoms with Crippen molar-refractivity contribution in [2.45, 2.75) is 64.7 Å². The molecule has 1 aliphatic rings. The lowest BCUT2D eigenvalue weighted by atomic mass is 9.99. The SMILES string of the molecule is CCCCCCCCCCCOC(=O)c1cccc2c1-c1ccccc1C2=O. The number of hydrogen-bond acceptors (Lipinski definition) is 3. The molecule has 0 radical (unpaired) electrons. The van der Waals surface area contributed by atoms with E-state index in [1.54, 1.807) is 18.2 Å². The van der Waals surface area contributed by atoms with Gasteiger partial charge in [-0.15, -0.1) is 0 Å². The Labute approximate surface area is 168 Å². The van der Waals surface area contributed by atoms with E-state index < -0.39 is 0 Å². The first-order valence-corrected chi connectivity index (χ1v) is 10.7.